The first-order valence-electron chi connectivity index (χ1n) is 10.4. The van der Waals surface area contributed by atoms with Crippen LogP contribution < -0.4 is 9.46 Å². The number of hydrogen-bond donors (Lipinski definition) is 1. The summed E-state index contributed by atoms with van der Waals surface area (Å²) in [5, 5.41) is 0. The lowest BCUT2D eigenvalue weighted by atomic mass is 9.96. The van der Waals surface area contributed by atoms with Crippen molar-refractivity contribution in [3.05, 3.63) is 54.1 Å². The molecule has 1 saturated heterocycles. The number of nitrogens with zero attached hydrogens (tertiary/aromatic N) is 2. The summed E-state index contributed by atoms with van der Waals surface area (Å²) in [6.07, 6.45) is 0.585. The minimum atomic E-state index is -4.78. The molecule has 1 fully saturated rings. The fourth-order valence-electron chi connectivity index (χ4n) is 4.29. The molecule has 0 saturated carbocycles. The second kappa shape index (κ2) is 9.03. The number of fused-ring (bicyclic) bond motifs is 5. The van der Waals surface area contributed by atoms with Crippen molar-refractivity contribution in [2.24, 2.45) is 0 Å². The number of carbonyl (C=O) groups excluding carboxylic acids is 1. The first kappa shape index (κ1) is 22.5. The van der Waals surface area contributed by atoms with Gasteiger partial charge in [-0.3, -0.25) is 0 Å². The minimum absolute atomic E-state index is 0.259. The lowest BCUT2D eigenvalue weighted by Crippen LogP contribution is -2.51. The van der Waals surface area contributed by atoms with Crippen molar-refractivity contribution >= 4 is 16.1 Å². The van der Waals surface area contributed by atoms with Gasteiger partial charge in [-0.15, -0.1) is 0 Å². The van der Waals surface area contributed by atoms with E-state index in [1.165, 1.54) is 4.90 Å². The highest BCUT2D eigenvalue weighted by Gasteiger charge is 2.41. The number of benzene rings is 2. The molecule has 2 aromatic carbocycles. The Morgan fingerprint density at radius 1 is 1.12 bits per heavy atom. The van der Waals surface area contributed by atoms with Crippen LogP contribution in [0.2, 0.25) is 0 Å². The van der Waals surface area contributed by atoms with Gasteiger partial charge >= 0.3 is 11.8 Å². The summed E-state index contributed by atoms with van der Waals surface area (Å²) in [4.78, 5) is 16.2. The number of carbonyl (C=O) groups is 1. The predicted octanol–water partition coefficient (Wildman–Crippen LogP) is 2.93. The number of halogens is 2. The number of ether oxygens (including phenoxy) is 1. The van der Waals surface area contributed by atoms with E-state index in [0.29, 0.717) is 18.7 Å². The lowest BCUT2D eigenvalue weighted by molar-refractivity contribution is 0.147. The largest absolute Gasteiger partial charge is 0.491 e. The summed E-state index contributed by atoms with van der Waals surface area (Å²) < 4.78 is 57.8. The zero-order valence-electron chi connectivity index (χ0n) is 17.6. The summed E-state index contributed by atoms with van der Waals surface area (Å²) in [5.41, 5.74) is 2.69. The van der Waals surface area contributed by atoms with Crippen LogP contribution in [0.3, 0.4) is 0 Å². The Kier molecular flexibility index (Phi) is 6.34. The summed E-state index contributed by atoms with van der Waals surface area (Å²) in [6, 6.07) is 13.6. The number of nitrogens with one attached hydrogen (secondary N) is 1. The standard InChI is InChI=1S/C22H25F2N3O4S/c1-26-11-12-31-20-8-3-2-7-17(20)16-6-4-5-15(13-16)14-19-18(9-10-27(19)22(26)28)25-32(29,30)21(23)24/h2-8,13,18-19,21,25H,9-12,14H2,1H3. The fourth-order valence-corrected chi connectivity index (χ4v) is 5.09. The molecule has 2 amide bonds. The number of rotatable bonds is 3. The van der Waals surface area contributed by atoms with Crippen molar-refractivity contribution in [1.29, 1.82) is 0 Å². The van der Waals surface area contributed by atoms with Gasteiger partial charge in [0.15, 0.2) is 0 Å². The van der Waals surface area contributed by atoms with Crippen LogP contribution >= 0.6 is 0 Å². The monoisotopic (exact) mass is 465 g/mol. The average molecular weight is 466 g/mol. The third kappa shape index (κ3) is 4.56. The molecule has 172 valence electrons. The maximum absolute atomic E-state index is 13.1. The smallest absolute Gasteiger partial charge is 0.350 e. The van der Waals surface area contributed by atoms with Gasteiger partial charge in [0, 0.05) is 25.2 Å². The van der Waals surface area contributed by atoms with Crippen LogP contribution in [0.4, 0.5) is 13.6 Å². The molecule has 7 nitrogen and oxygen atoms in total. The zero-order chi connectivity index (χ0) is 22.9. The minimum Gasteiger partial charge on any atom is -0.491 e. The summed E-state index contributed by atoms with van der Waals surface area (Å²) in [7, 11) is -3.14. The van der Waals surface area contributed by atoms with Crippen LogP contribution in [0, 0.1) is 0 Å². The number of likely N-dealkylation sites (N-methyl/N-ethyl adjacent to an activating group) is 1. The van der Waals surface area contributed by atoms with Crippen LogP contribution in [0.1, 0.15) is 12.0 Å². The van der Waals surface area contributed by atoms with Crippen LogP contribution in [0.25, 0.3) is 11.1 Å². The molecule has 0 spiro atoms. The van der Waals surface area contributed by atoms with Crippen LogP contribution in [-0.4, -0.2) is 68.8 Å². The molecule has 1 N–H and O–H groups in total. The van der Waals surface area contributed by atoms with E-state index in [2.05, 4.69) is 4.72 Å². The highest BCUT2D eigenvalue weighted by molar-refractivity contribution is 7.89. The summed E-state index contributed by atoms with van der Waals surface area (Å²) in [6.45, 7) is 0.866. The molecule has 0 radical (unpaired) electrons. The summed E-state index contributed by atoms with van der Waals surface area (Å²) in [5.74, 6) is -2.82. The predicted molar refractivity (Wildman–Crippen MR) is 116 cm³/mol. The number of urea groups is 1. The molecule has 2 aliphatic rings. The van der Waals surface area contributed by atoms with Gasteiger partial charge in [-0.25, -0.2) is 17.9 Å². The van der Waals surface area contributed by atoms with Gasteiger partial charge in [-0.2, -0.15) is 8.78 Å². The molecular formula is C22H25F2N3O4S. The summed E-state index contributed by atoms with van der Waals surface area (Å²) >= 11 is 0. The van der Waals surface area contributed by atoms with Gasteiger partial charge < -0.3 is 14.5 Å². The third-order valence-electron chi connectivity index (χ3n) is 5.92. The van der Waals surface area contributed by atoms with Crippen molar-refractivity contribution < 1.29 is 26.7 Å². The molecule has 2 heterocycles. The van der Waals surface area contributed by atoms with Crippen molar-refractivity contribution in [2.45, 2.75) is 30.7 Å². The Morgan fingerprint density at radius 3 is 2.69 bits per heavy atom. The molecule has 4 rings (SSSR count). The van der Waals surface area contributed by atoms with E-state index in [-0.39, 0.29) is 25.6 Å². The second-order valence-electron chi connectivity index (χ2n) is 8.03. The van der Waals surface area contributed by atoms with Crippen molar-refractivity contribution in [3.63, 3.8) is 0 Å². The highest BCUT2D eigenvalue weighted by Crippen LogP contribution is 2.32. The highest BCUT2D eigenvalue weighted by atomic mass is 32.2. The molecule has 2 unspecified atom stereocenters. The normalized spacial score (nSPS) is 21.8. The SMILES string of the molecule is CN1CCOc2ccccc2-c2cccc(c2)CC2C(NS(=O)(=O)C(F)F)CCN2C1=O. The number of alkyl halides is 2. The van der Waals surface area contributed by atoms with Crippen molar-refractivity contribution in [3.8, 4) is 16.9 Å². The fraction of sp³-hybridized carbons (Fsp3) is 0.409. The molecule has 2 aromatic rings. The van der Waals surface area contributed by atoms with E-state index in [0.717, 1.165) is 16.7 Å². The Bertz CT molecular complexity index is 1100. The number of hydrogen-bond acceptors (Lipinski definition) is 4. The van der Waals surface area contributed by atoms with E-state index in [4.69, 9.17) is 4.74 Å². The van der Waals surface area contributed by atoms with E-state index in [1.54, 1.807) is 11.9 Å². The van der Waals surface area contributed by atoms with E-state index in [1.807, 2.05) is 48.5 Å². The lowest BCUT2D eigenvalue weighted by Gasteiger charge is -2.32. The van der Waals surface area contributed by atoms with Crippen LogP contribution in [0.5, 0.6) is 5.75 Å². The number of amides is 2. The third-order valence-corrected chi connectivity index (χ3v) is 7.02. The zero-order valence-corrected chi connectivity index (χ0v) is 18.4. The van der Waals surface area contributed by atoms with Crippen LogP contribution in [0.15, 0.2) is 48.5 Å². The van der Waals surface area contributed by atoms with Crippen molar-refractivity contribution in [1.82, 2.24) is 14.5 Å². The molecule has 32 heavy (non-hydrogen) atoms. The number of para-hydroxylation sites is 1. The Balaban J connectivity index is 1.73. The molecule has 2 aliphatic heterocycles. The van der Waals surface area contributed by atoms with Gasteiger partial charge in [-0.05, 0) is 30.0 Å². The quantitative estimate of drug-likeness (QED) is 0.756. The van der Waals surface area contributed by atoms with Gasteiger partial charge in [0.1, 0.15) is 12.4 Å². The van der Waals surface area contributed by atoms with Gasteiger partial charge in [0.2, 0.25) is 0 Å². The maximum Gasteiger partial charge on any atom is 0.350 e. The molecule has 10 heteroatoms. The molecule has 0 aromatic heterocycles. The molecule has 2 atom stereocenters. The Morgan fingerprint density at radius 2 is 1.91 bits per heavy atom. The maximum atomic E-state index is 13.1. The van der Waals surface area contributed by atoms with Crippen molar-refractivity contribution in [2.75, 3.05) is 26.7 Å². The Labute approximate surface area is 186 Å². The Hall–Kier alpha value is -2.72. The second-order valence-corrected chi connectivity index (χ2v) is 9.71. The van der Waals surface area contributed by atoms with E-state index < -0.39 is 27.9 Å². The molecular weight excluding hydrogens is 440 g/mol. The van der Waals surface area contributed by atoms with Gasteiger partial charge in [0.05, 0.1) is 12.6 Å². The molecule has 0 aliphatic carbocycles. The first-order valence-corrected chi connectivity index (χ1v) is 11.9. The van der Waals surface area contributed by atoms with E-state index >= 15 is 0 Å². The average Bonchev–Trinajstić information content (AvgIpc) is 3.14. The first-order chi connectivity index (χ1) is 15.3. The molecule has 2 bridgehead atoms. The van der Waals surface area contributed by atoms with Crippen LogP contribution in [-0.2, 0) is 16.4 Å². The number of sulfonamides is 1. The topological polar surface area (TPSA) is 79.0 Å². The van der Waals surface area contributed by atoms with E-state index in [9.17, 15) is 22.0 Å². The van der Waals surface area contributed by atoms with Gasteiger partial charge in [-0.1, -0.05) is 42.5 Å². The van der Waals surface area contributed by atoms with Gasteiger partial charge in [0.25, 0.3) is 10.0 Å².